The maximum absolute atomic E-state index is 14.2. The number of piperazine rings is 1. The number of carbonyl (C=O) groups excluding carboxylic acids is 2. The minimum Gasteiger partial charge on any atom is -0.493 e. The molecule has 0 aliphatic carbocycles. The van der Waals surface area contributed by atoms with Crippen LogP contribution in [-0.2, 0) is 21.7 Å². The van der Waals surface area contributed by atoms with Gasteiger partial charge in [0, 0.05) is 48.8 Å². The number of imidazole rings is 1. The van der Waals surface area contributed by atoms with Crippen LogP contribution in [0.25, 0.3) is 10.9 Å². The maximum Gasteiger partial charge on any atom is 0.254 e. The molecule has 4 heterocycles. The normalized spacial score (nSPS) is 20.5. The van der Waals surface area contributed by atoms with Crippen molar-refractivity contribution in [1.29, 1.82) is 0 Å². The van der Waals surface area contributed by atoms with Crippen LogP contribution in [0.5, 0.6) is 11.5 Å². The standard InChI is InChI=1S/C31H35N5O4/c1-4-16-40-25-11-10-21(17-26(25)39-3)23-18-36-27(37)19-35(14-7-13-34-15-12-32-20-34)30(38)31(36,2)29-28(23)22-8-5-6-9-24(22)33-29/h5-6,8-12,15,17,20,23,33H,4,7,13-14,16,18-19H2,1-3H3/t23-,31+/m1/s1. The van der Waals surface area contributed by atoms with Crippen LogP contribution in [0, 0.1) is 0 Å². The number of nitrogens with zero attached hydrogens (tertiary/aromatic N) is 4. The average molecular weight is 542 g/mol. The molecule has 0 radical (unpaired) electrons. The Bertz CT molecular complexity index is 1540. The highest BCUT2D eigenvalue weighted by molar-refractivity contribution is 6.01. The van der Waals surface area contributed by atoms with Crippen molar-refractivity contribution in [3.05, 3.63) is 78.0 Å². The summed E-state index contributed by atoms with van der Waals surface area (Å²) in [6.45, 7) is 6.27. The van der Waals surface area contributed by atoms with E-state index in [9.17, 15) is 9.59 Å². The van der Waals surface area contributed by atoms with Crippen molar-refractivity contribution in [2.45, 2.75) is 44.7 Å². The molecule has 2 aliphatic heterocycles. The number of methoxy groups -OCH3 is 1. The Kier molecular flexibility index (Phi) is 6.73. The number of carbonyl (C=O) groups is 2. The summed E-state index contributed by atoms with van der Waals surface area (Å²) in [6.07, 6.45) is 7.05. The largest absolute Gasteiger partial charge is 0.493 e. The van der Waals surface area contributed by atoms with Gasteiger partial charge in [0.2, 0.25) is 5.91 Å². The first-order chi connectivity index (χ1) is 19.5. The van der Waals surface area contributed by atoms with Crippen LogP contribution in [0.1, 0.15) is 49.4 Å². The van der Waals surface area contributed by atoms with Crippen LogP contribution in [0.15, 0.2) is 61.2 Å². The Morgan fingerprint density at radius 3 is 2.75 bits per heavy atom. The molecule has 6 rings (SSSR count). The van der Waals surface area contributed by atoms with E-state index in [2.05, 4.69) is 23.0 Å². The summed E-state index contributed by atoms with van der Waals surface area (Å²) in [5.74, 6) is 1.12. The molecule has 208 valence electrons. The van der Waals surface area contributed by atoms with E-state index in [4.69, 9.17) is 9.47 Å². The lowest BCUT2D eigenvalue weighted by molar-refractivity contribution is -0.166. The number of aromatic amines is 1. The molecule has 4 aromatic rings. The number of hydrogen-bond acceptors (Lipinski definition) is 5. The van der Waals surface area contributed by atoms with Gasteiger partial charge < -0.3 is 28.8 Å². The molecular formula is C31H35N5O4. The molecule has 0 spiro atoms. The molecule has 9 nitrogen and oxygen atoms in total. The summed E-state index contributed by atoms with van der Waals surface area (Å²) in [4.78, 5) is 39.1. The lowest BCUT2D eigenvalue weighted by Crippen LogP contribution is -2.67. The zero-order valence-electron chi connectivity index (χ0n) is 23.2. The van der Waals surface area contributed by atoms with Gasteiger partial charge >= 0.3 is 0 Å². The van der Waals surface area contributed by atoms with E-state index >= 15 is 0 Å². The molecule has 2 aliphatic rings. The highest BCUT2D eigenvalue weighted by atomic mass is 16.5. The van der Waals surface area contributed by atoms with Crippen molar-refractivity contribution in [2.24, 2.45) is 0 Å². The van der Waals surface area contributed by atoms with Gasteiger partial charge in [0.1, 0.15) is 0 Å². The highest BCUT2D eigenvalue weighted by Crippen LogP contribution is 2.49. The minimum atomic E-state index is -1.12. The Hall–Kier alpha value is -4.27. The monoisotopic (exact) mass is 541 g/mol. The summed E-state index contributed by atoms with van der Waals surface area (Å²) in [7, 11) is 1.64. The Morgan fingerprint density at radius 2 is 1.98 bits per heavy atom. The number of benzene rings is 2. The Morgan fingerprint density at radius 1 is 1.12 bits per heavy atom. The van der Waals surface area contributed by atoms with Gasteiger partial charge in [-0.3, -0.25) is 9.59 Å². The molecule has 2 amide bonds. The van der Waals surface area contributed by atoms with E-state index < -0.39 is 5.54 Å². The first-order valence-corrected chi connectivity index (χ1v) is 13.9. The van der Waals surface area contributed by atoms with E-state index in [-0.39, 0.29) is 24.3 Å². The van der Waals surface area contributed by atoms with E-state index in [1.165, 1.54) is 0 Å². The van der Waals surface area contributed by atoms with E-state index in [1.807, 2.05) is 54.1 Å². The minimum absolute atomic E-state index is 0.0473. The Labute approximate surface area is 233 Å². The second kappa shape index (κ2) is 10.4. The fourth-order valence-corrected chi connectivity index (χ4v) is 6.25. The van der Waals surface area contributed by atoms with Gasteiger partial charge in [-0.2, -0.15) is 0 Å². The number of rotatable bonds is 9. The number of aromatic nitrogens is 3. The molecule has 0 bridgehead atoms. The molecule has 0 unspecified atom stereocenters. The van der Waals surface area contributed by atoms with Crippen molar-refractivity contribution >= 4 is 22.7 Å². The number of nitrogens with one attached hydrogen (secondary N) is 1. The number of para-hydroxylation sites is 1. The molecule has 9 heteroatoms. The smallest absolute Gasteiger partial charge is 0.254 e. The van der Waals surface area contributed by atoms with Crippen LogP contribution < -0.4 is 9.47 Å². The van der Waals surface area contributed by atoms with Crippen LogP contribution >= 0.6 is 0 Å². The van der Waals surface area contributed by atoms with Crippen molar-refractivity contribution < 1.29 is 19.1 Å². The summed E-state index contributed by atoms with van der Waals surface area (Å²) in [5, 5.41) is 1.06. The third kappa shape index (κ3) is 4.20. The third-order valence-corrected chi connectivity index (χ3v) is 8.27. The molecule has 1 N–H and O–H groups in total. The van der Waals surface area contributed by atoms with Crippen molar-refractivity contribution in [3.63, 3.8) is 0 Å². The fraction of sp³-hybridized carbons (Fsp3) is 0.387. The van der Waals surface area contributed by atoms with E-state index in [0.29, 0.717) is 31.2 Å². The van der Waals surface area contributed by atoms with Crippen molar-refractivity contribution in [3.8, 4) is 11.5 Å². The molecule has 1 fully saturated rings. The summed E-state index contributed by atoms with van der Waals surface area (Å²) < 4.78 is 13.6. The lowest BCUT2D eigenvalue weighted by atomic mass is 9.76. The molecule has 2 aromatic heterocycles. The van der Waals surface area contributed by atoms with E-state index in [0.717, 1.165) is 47.1 Å². The third-order valence-electron chi connectivity index (χ3n) is 8.27. The molecule has 1 saturated heterocycles. The number of ether oxygens (including phenoxy) is 2. The quantitative estimate of drug-likeness (QED) is 0.341. The summed E-state index contributed by atoms with van der Waals surface area (Å²) in [5.41, 5.74) is 2.68. The lowest BCUT2D eigenvalue weighted by Gasteiger charge is -2.51. The van der Waals surface area contributed by atoms with Crippen LogP contribution in [0.4, 0.5) is 0 Å². The number of aryl methyl sites for hydroxylation is 1. The Balaban J connectivity index is 1.40. The average Bonchev–Trinajstić information content (AvgIpc) is 3.63. The summed E-state index contributed by atoms with van der Waals surface area (Å²) >= 11 is 0. The first-order valence-electron chi connectivity index (χ1n) is 13.9. The number of amides is 2. The maximum atomic E-state index is 14.2. The SMILES string of the molecule is CCCOc1ccc([C@H]2CN3C(=O)CN(CCCn4ccnc4)C(=O)[C@]3(C)c3[nH]c4ccccc4c32)cc1OC. The first kappa shape index (κ1) is 26.0. The van der Waals surface area contributed by atoms with Gasteiger partial charge in [0.05, 0.1) is 32.3 Å². The zero-order chi connectivity index (χ0) is 27.9. The number of hydrogen-bond donors (Lipinski definition) is 1. The molecule has 2 aromatic carbocycles. The molecule has 40 heavy (non-hydrogen) atoms. The fourth-order valence-electron chi connectivity index (χ4n) is 6.25. The van der Waals surface area contributed by atoms with Gasteiger partial charge in [-0.1, -0.05) is 31.2 Å². The van der Waals surface area contributed by atoms with Crippen LogP contribution in [-0.4, -0.2) is 69.5 Å². The second-order valence-corrected chi connectivity index (χ2v) is 10.7. The van der Waals surface area contributed by atoms with Crippen LogP contribution in [0.2, 0.25) is 0 Å². The van der Waals surface area contributed by atoms with Gasteiger partial charge in [0.15, 0.2) is 17.0 Å². The predicted octanol–water partition coefficient (Wildman–Crippen LogP) is 4.28. The summed E-state index contributed by atoms with van der Waals surface area (Å²) in [6, 6.07) is 14.1. The van der Waals surface area contributed by atoms with Gasteiger partial charge in [-0.25, -0.2) is 4.98 Å². The zero-order valence-corrected chi connectivity index (χ0v) is 23.2. The van der Waals surface area contributed by atoms with Crippen molar-refractivity contribution in [1.82, 2.24) is 24.3 Å². The van der Waals surface area contributed by atoms with Crippen LogP contribution in [0.3, 0.4) is 0 Å². The van der Waals surface area contributed by atoms with Crippen molar-refractivity contribution in [2.75, 3.05) is 33.4 Å². The predicted molar refractivity (Wildman–Crippen MR) is 151 cm³/mol. The van der Waals surface area contributed by atoms with Gasteiger partial charge in [0.25, 0.3) is 5.91 Å². The highest BCUT2D eigenvalue weighted by Gasteiger charge is 2.56. The number of H-pyrrole nitrogens is 1. The van der Waals surface area contributed by atoms with Gasteiger partial charge in [-0.05, 0) is 49.1 Å². The molecule has 2 atom stereocenters. The number of fused-ring (bicyclic) bond motifs is 5. The topological polar surface area (TPSA) is 92.7 Å². The van der Waals surface area contributed by atoms with E-state index in [1.54, 1.807) is 29.4 Å². The molecule has 0 saturated carbocycles. The van der Waals surface area contributed by atoms with Gasteiger partial charge in [-0.15, -0.1) is 0 Å². The second-order valence-electron chi connectivity index (χ2n) is 10.7. The molecular weight excluding hydrogens is 506 g/mol.